The first kappa shape index (κ1) is 13.2. The molecule has 0 aliphatic rings. The van der Waals surface area contributed by atoms with Crippen molar-refractivity contribution < 1.29 is 18.3 Å². The first-order valence-electron chi connectivity index (χ1n) is 5.66. The Morgan fingerprint density at radius 1 is 1.11 bits per heavy atom. The quantitative estimate of drug-likeness (QED) is 0.787. The standard InChI is InChI=1S/C15H12F2O2/c1-9-5-14(17)12(7-13(9)16)10-3-4-15(19-2)11(6-10)8-18/h3-8H,1-2H3. The molecule has 0 saturated heterocycles. The van der Waals surface area contributed by atoms with Crippen molar-refractivity contribution in [2.75, 3.05) is 7.11 Å². The molecule has 0 amide bonds. The molecular formula is C15H12F2O2. The lowest BCUT2D eigenvalue weighted by atomic mass is 10.0. The molecule has 0 radical (unpaired) electrons. The second-order valence-electron chi connectivity index (χ2n) is 4.16. The highest BCUT2D eigenvalue weighted by atomic mass is 19.1. The smallest absolute Gasteiger partial charge is 0.153 e. The Morgan fingerprint density at radius 3 is 2.47 bits per heavy atom. The largest absolute Gasteiger partial charge is 0.496 e. The van der Waals surface area contributed by atoms with Crippen LogP contribution >= 0.6 is 0 Å². The monoisotopic (exact) mass is 262 g/mol. The van der Waals surface area contributed by atoms with Gasteiger partial charge in [-0.2, -0.15) is 0 Å². The van der Waals surface area contributed by atoms with Gasteiger partial charge < -0.3 is 4.74 Å². The molecule has 2 nitrogen and oxygen atoms in total. The molecule has 0 aromatic heterocycles. The van der Waals surface area contributed by atoms with E-state index >= 15 is 0 Å². The Morgan fingerprint density at radius 2 is 1.84 bits per heavy atom. The van der Waals surface area contributed by atoms with Gasteiger partial charge in [0.15, 0.2) is 6.29 Å². The van der Waals surface area contributed by atoms with Gasteiger partial charge in [0.05, 0.1) is 12.7 Å². The van der Waals surface area contributed by atoms with E-state index in [1.807, 2.05) is 0 Å². The van der Waals surface area contributed by atoms with E-state index in [0.29, 0.717) is 23.2 Å². The molecule has 0 aliphatic heterocycles. The Balaban J connectivity index is 2.59. The van der Waals surface area contributed by atoms with Crippen molar-refractivity contribution in [3.63, 3.8) is 0 Å². The number of methoxy groups -OCH3 is 1. The highest BCUT2D eigenvalue weighted by molar-refractivity contribution is 5.83. The van der Waals surface area contributed by atoms with E-state index in [2.05, 4.69) is 0 Å². The number of hydrogen-bond acceptors (Lipinski definition) is 2. The number of carbonyl (C=O) groups excluding carboxylic acids is 1. The van der Waals surface area contributed by atoms with E-state index in [-0.39, 0.29) is 11.1 Å². The summed E-state index contributed by atoms with van der Waals surface area (Å²) >= 11 is 0. The molecule has 4 heteroatoms. The minimum atomic E-state index is -0.527. The van der Waals surface area contributed by atoms with E-state index in [4.69, 9.17) is 4.74 Å². The topological polar surface area (TPSA) is 26.3 Å². The van der Waals surface area contributed by atoms with Gasteiger partial charge in [0, 0.05) is 5.56 Å². The third-order valence-electron chi connectivity index (χ3n) is 2.92. The maximum atomic E-state index is 13.8. The highest BCUT2D eigenvalue weighted by Crippen LogP contribution is 2.29. The summed E-state index contributed by atoms with van der Waals surface area (Å²) in [7, 11) is 1.44. The van der Waals surface area contributed by atoms with Crippen LogP contribution in [0.1, 0.15) is 15.9 Å². The minimum Gasteiger partial charge on any atom is -0.496 e. The summed E-state index contributed by atoms with van der Waals surface area (Å²) in [6, 6.07) is 6.87. The third kappa shape index (κ3) is 2.47. The van der Waals surface area contributed by atoms with Gasteiger partial charge in [-0.3, -0.25) is 4.79 Å². The van der Waals surface area contributed by atoms with Crippen LogP contribution in [-0.2, 0) is 0 Å². The summed E-state index contributed by atoms with van der Waals surface area (Å²) in [6.07, 6.45) is 0.616. The van der Waals surface area contributed by atoms with Crippen LogP contribution in [0.2, 0.25) is 0 Å². The lowest BCUT2D eigenvalue weighted by Crippen LogP contribution is -1.94. The van der Waals surface area contributed by atoms with Crippen molar-refractivity contribution >= 4 is 6.29 Å². The van der Waals surface area contributed by atoms with Gasteiger partial charge in [-0.15, -0.1) is 0 Å². The molecule has 0 aliphatic carbocycles. The predicted molar refractivity (Wildman–Crippen MR) is 68.5 cm³/mol. The molecule has 0 unspecified atom stereocenters. The van der Waals surface area contributed by atoms with Crippen LogP contribution in [0.25, 0.3) is 11.1 Å². The number of halogens is 2. The summed E-state index contributed by atoms with van der Waals surface area (Å²) in [5.41, 5.74) is 1.08. The number of hydrogen-bond donors (Lipinski definition) is 0. The molecule has 19 heavy (non-hydrogen) atoms. The lowest BCUT2D eigenvalue weighted by Gasteiger charge is -2.09. The first-order valence-corrected chi connectivity index (χ1v) is 5.66. The molecular weight excluding hydrogens is 250 g/mol. The molecule has 0 N–H and O–H groups in total. The maximum Gasteiger partial charge on any atom is 0.153 e. The summed E-state index contributed by atoms with van der Waals surface area (Å²) in [5.74, 6) is -0.618. The van der Waals surface area contributed by atoms with Gasteiger partial charge in [0.2, 0.25) is 0 Å². The average molecular weight is 262 g/mol. The lowest BCUT2D eigenvalue weighted by molar-refractivity contribution is 0.112. The van der Waals surface area contributed by atoms with E-state index in [0.717, 1.165) is 12.1 Å². The fraction of sp³-hybridized carbons (Fsp3) is 0.133. The molecule has 0 bridgehead atoms. The minimum absolute atomic E-state index is 0.119. The fourth-order valence-corrected chi connectivity index (χ4v) is 1.86. The van der Waals surface area contributed by atoms with Crippen molar-refractivity contribution in [3.8, 4) is 16.9 Å². The molecule has 2 rings (SSSR count). The summed E-state index contributed by atoms with van der Waals surface area (Å²) < 4.78 is 32.4. The molecule has 2 aromatic carbocycles. The Kier molecular flexibility index (Phi) is 3.60. The number of rotatable bonds is 3. The van der Waals surface area contributed by atoms with Gasteiger partial charge in [-0.1, -0.05) is 6.07 Å². The summed E-state index contributed by atoms with van der Waals surface area (Å²) in [5, 5.41) is 0. The molecule has 0 atom stereocenters. The number of benzene rings is 2. The van der Waals surface area contributed by atoms with Crippen molar-refractivity contribution in [3.05, 3.63) is 53.1 Å². The van der Waals surface area contributed by atoms with Crippen molar-refractivity contribution in [2.24, 2.45) is 0 Å². The zero-order valence-electron chi connectivity index (χ0n) is 10.5. The Labute approximate surface area is 109 Å². The molecule has 2 aromatic rings. The van der Waals surface area contributed by atoms with E-state index in [1.165, 1.54) is 20.1 Å². The zero-order chi connectivity index (χ0) is 14.0. The molecule has 0 fully saturated rings. The van der Waals surface area contributed by atoms with Crippen LogP contribution in [0, 0.1) is 18.6 Å². The summed E-state index contributed by atoms with van der Waals surface area (Å²) in [4.78, 5) is 10.9. The number of carbonyl (C=O) groups is 1. The van der Waals surface area contributed by atoms with Crippen LogP contribution in [-0.4, -0.2) is 13.4 Å². The molecule has 0 spiro atoms. The van der Waals surface area contributed by atoms with Gasteiger partial charge in [-0.05, 0) is 42.3 Å². The Bertz CT molecular complexity index is 636. The van der Waals surface area contributed by atoms with Crippen LogP contribution < -0.4 is 4.74 Å². The van der Waals surface area contributed by atoms with Crippen molar-refractivity contribution in [1.82, 2.24) is 0 Å². The van der Waals surface area contributed by atoms with Crippen LogP contribution in [0.5, 0.6) is 5.75 Å². The fourth-order valence-electron chi connectivity index (χ4n) is 1.86. The van der Waals surface area contributed by atoms with E-state index in [1.54, 1.807) is 12.1 Å². The molecule has 0 saturated carbocycles. The van der Waals surface area contributed by atoms with Gasteiger partial charge >= 0.3 is 0 Å². The van der Waals surface area contributed by atoms with Crippen molar-refractivity contribution in [1.29, 1.82) is 0 Å². The average Bonchev–Trinajstić information content (AvgIpc) is 2.42. The number of aldehydes is 1. The number of ether oxygens (including phenoxy) is 1. The summed E-state index contributed by atoms with van der Waals surface area (Å²) in [6.45, 7) is 1.49. The SMILES string of the molecule is COc1ccc(-c2cc(F)c(C)cc2F)cc1C=O. The van der Waals surface area contributed by atoms with Crippen LogP contribution in [0.4, 0.5) is 8.78 Å². The van der Waals surface area contributed by atoms with E-state index in [9.17, 15) is 13.6 Å². The highest BCUT2D eigenvalue weighted by Gasteiger charge is 2.11. The maximum absolute atomic E-state index is 13.8. The zero-order valence-corrected chi connectivity index (χ0v) is 10.5. The molecule has 98 valence electrons. The Hall–Kier alpha value is -2.23. The van der Waals surface area contributed by atoms with Crippen LogP contribution in [0.15, 0.2) is 30.3 Å². The second kappa shape index (κ2) is 5.18. The van der Waals surface area contributed by atoms with Crippen LogP contribution in [0.3, 0.4) is 0 Å². The van der Waals surface area contributed by atoms with E-state index < -0.39 is 11.6 Å². The predicted octanol–water partition coefficient (Wildman–Crippen LogP) is 3.76. The first-order chi connectivity index (χ1) is 9.06. The third-order valence-corrected chi connectivity index (χ3v) is 2.92. The normalized spacial score (nSPS) is 10.3. The number of aryl methyl sites for hydroxylation is 1. The van der Waals surface area contributed by atoms with Gasteiger partial charge in [0.1, 0.15) is 17.4 Å². The van der Waals surface area contributed by atoms with Crippen molar-refractivity contribution in [2.45, 2.75) is 6.92 Å². The van der Waals surface area contributed by atoms with Gasteiger partial charge in [-0.25, -0.2) is 8.78 Å². The van der Waals surface area contributed by atoms with Gasteiger partial charge in [0.25, 0.3) is 0 Å². The molecule has 0 heterocycles. The second-order valence-corrected chi connectivity index (χ2v) is 4.16.